The van der Waals surface area contributed by atoms with Gasteiger partial charge in [-0.15, -0.1) is 0 Å². The predicted molar refractivity (Wildman–Crippen MR) is 83.1 cm³/mol. The van der Waals surface area contributed by atoms with Crippen LogP contribution >= 0.6 is 0 Å². The number of carbonyl (C=O) groups excluding carboxylic acids is 1. The van der Waals surface area contributed by atoms with E-state index >= 15 is 0 Å². The molecule has 3 nitrogen and oxygen atoms in total. The normalized spacial score (nSPS) is 14.2. The molecule has 0 amide bonds. The third kappa shape index (κ3) is 5.06. The third-order valence-electron chi connectivity index (χ3n) is 3.81. The zero-order valence-electron chi connectivity index (χ0n) is 13.1. The van der Waals surface area contributed by atoms with Crippen LogP contribution in [0, 0.1) is 5.92 Å². The van der Waals surface area contributed by atoms with Crippen LogP contribution in [0.5, 0.6) is 0 Å². The minimum absolute atomic E-state index is 0.00301. The number of ether oxygens (including phenoxy) is 1. The van der Waals surface area contributed by atoms with Gasteiger partial charge in [-0.25, -0.2) is 0 Å². The molecule has 0 aliphatic rings. The minimum atomic E-state index is 0.00301. The second-order valence-electron chi connectivity index (χ2n) is 5.38. The molecule has 0 heterocycles. The van der Waals surface area contributed by atoms with Crippen LogP contribution in [-0.4, -0.2) is 43.5 Å². The quantitative estimate of drug-likeness (QED) is 0.649. The van der Waals surface area contributed by atoms with Gasteiger partial charge in [-0.05, 0) is 13.3 Å². The van der Waals surface area contributed by atoms with E-state index in [9.17, 15) is 4.79 Å². The molecule has 0 saturated heterocycles. The molecular formula is C17H27NO2. The molecular weight excluding hydrogens is 250 g/mol. The molecule has 1 aromatic carbocycles. The van der Waals surface area contributed by atoms with Crippen molar-refractivity contribution in [2.45, 2.75) is 33.2 Å². The first kappa shape index (κ1) is 16.9. The first-order chi connectivity index (χ1) is 9.60. The maximum atomic E-state index is 12.4. The summed E-state index contributed by atoms with van der Waals surface area (Å²) in [6.07, 6.45) is 1.08. The highest BCUT2D eigenvalue weighted by atomic mass is 16.5. The van der Waals surface area contributed by atoms with E-state index in [0.717, 1.165) is 25.1 Å². The zero-order chi connectivity index (χ0) is 15.0. The molecule has 2 atom stereocenters. The third-order valence-corrected chi connectivity index (χ3v) is 3.81. The van der Waals surface area contributed by atoms with Crippen molar-refractivity contribution < 1.29 is 9.53 Å². The summed E-state index contributed by atoms with van der Waals surface area (Å²) in [6.45, 7) is 8.75. The summed E-state index contributed by atoms with van der Waals surface area (Å²) in [4.78, 5) is 14.7. The van der Waals surface area contributed by atoms with E-state index in [-0.39, 0.29) is 11.7 Å². The Morgan fingerprint density at radius 1 is 1.25 bits per heavy atom. The van der Waals surface area contributed by atoms with Crippen molar-refractivity contribution in [1.29, 1.82) is 0 Å². The van der Waals surface area contributed by atoms with E-state index in [1.165, 1.54) is 0 Å². The standard InChI is InChI=1S/C17H27NO2/c1-5-15(3)18(11-12-20-4)13-14(2)17(19)16-9-7-6-8-10-16/h6-10,14-15H,5,11-13H2,1-4H3. The first-order valence-corrected chi connectivity index (χ1v) is 7.42. The molecule has 112 valence electrons. The highest BCUT2D eigenvalue weighted by molar-refractivity contribution is 5.97. The van der Waals surface area contributed by atoms with Crippen LogP contribution in [0.15, 0.2) is 30.3 Å². The molecule has 0 spiro atoms. The van der Waals surface area contributed by atoms with Gasteiger partial charge in [0, 0.05) is 37.7 Å². The summed E-state index contributed by atoms with van der Waals surface area (Å²) in [5.41, 5.74) is 0.802. The zero-order valence-corrected chi connectivity index (χ0v) is 13.1. The maximum absolute atomic E-state index is 12.4. The lowest BCUT2D eigenvalue weighted by Gasteiger charge is -2.30. The van der Waals surface area contributed by atoms with Crippen LogP contribution < -0.4 is 0 Å². The number of Topliss-reactive ketones (excluding diaryl/α,β-unsaturated/α-hetero) is 1. The summed E-state index contributed by atoms with van der Waals surface area (Å²) in [7, 11) is 1.72. The fraction of sp³-hybridized carbons (Fsp3) is 0.588. The number of nitrogens with zero attached hydrogens (tertiary/aromatic N) is 1. The van der Waals surface area contributed by atoms with E-state index in [0.29, 0.717) is 12.6 Å². The first-order valence-electron chi connectivity index (χ1n) is 7.42. The number of rotatable bonds is 9. The predicted octanol–water partition coefficient (Wildman–Crippen LogP) is 3.25. The number of hydrogen-bond acceptors (Lipinski definition) is 3. The lowest BCUT2D eigenvalue weighted by molar-refractivity contribution is 0.0816. The Morgan fingerprint density at radius 2 is 1.90 bits per heavy atom. The molecule has 0 aliphatic heterocycles. The van der Waals surface area contributed by atoms with Crippen LogP contribution in [0.3, 0.4) is 0 Å². The maximum Gasteiger partial charge on any atom is 0.166 e. The molecule has 0 aliphatic carbocycles. The van der Waals surface area contributed by atoms with Crippen molar-refractivity contribution in [2.75, 3.05) is 26.8 Å². The van der Waals surface area contributed by atoms with Gasteiger partial charge in [0.25, 0.3) is 0 Å². The number of methoxy groups -OCH3 is 1. The Labute approximate surface area is 122 Å². The summed E-state index contributed by atoms with van der Waals surface area (Å²) < 4.78 is 5.17. The van der Waals surface area contributed by atoms with Crippen molar-refractivity contribution in [1.82, 2.24) is 4.90 Å². The Morgan fingerprint density at radius 3 is 2.45 bits per heavy atom. The Hall–Kier alpha value is -1.19. The molecule has 0 saturated carbocycles. The number of benzene rings is 1. The summed E-state index contributed by atoms with van der Waals surface area (Å²) in [5, 5.41) is 0. The molecule has 3 heteroatoms. The highest BCUT2D eigenvalue weighted by Crippen LogP contribution is 2.13. The summed E-state index contributed by atoms with van der Waals surface area (Å²) in [5.74, 6) is 0.222. The Bertz CT molecular complexity index is 391. The molecule has 0 bridgehead atoms. The lowest BCUT2D eigenvalue weighted by atomic mass is 9.98. The van der Waals surface area contributed by atoms with Crippen molar-refractivity contribution in [3.63, 3.8) is 0 Å². The van der Waals surface area contributed by atoms with Gasteiger partial charge in [-0.1, -0.05) is 44.2 Å². The Kier molecular flexibility index (Phi) is 7.48. The summed E-state index contributed by atoms with van der Waals surface area (Å²) >= 11 is 0. The van der Waals surface area contributed by atoms with Gasteiger partial charge in [-0.2, -0.15) is 0 Å². The van der Waals surface area contributed by atoms with Crippen LogP contribution in [0.4, 0.5) is 0 Å². The van der Waals surface area contributed by atoms with Crippen molar-refractivity contribution in [3.8, 4) is 0 Å². The number of hydrogen-bond donors (Lipinski definition) is 0. The van der Waals surface area contributed by atoms with Crippen molar-refractivity contribution in [2.24, 2.45) is 5.92 Å². The van der Waals surface area contributed by atoms with Gasteiger partial charge in [-0.3, -0.25) is 9.69 Å². The van der Waals surface area contributed by atoms with E-state index in [4.69, 9.17) is 4.74 Å². The van der Waals surface area contributed by atoms with E-state index in [1.54, 1.807) is 7.11 Å². The fourth-order valence-corrected chi connectivity index (χ4v) is 2.28. The summed E-state index contributed by atoms with van der Waals surface area (Å²) in [6, 6.07) is 10.0. The van der Waals surface area contributed by atoms with Gasteiger partial charge in [0.05, 0.1) is 6.61 Å². The van der Waals surface area contributed by atoms with Gasteiger partial charge in [0.15, 0.2) is 5.78 Å². The van der Waals surface area contributed by atoms with Gasteiger partial charge >= 0.3 is 0 Å². The number of carbonyl (C=O) groups is 1. The van der Waals surface area contributed by atoms with E-state index < -0.39 is 0 Å². The lowest BCUT2D eigenvalue weighted by Crippen LogP contribution is -2.40. The van der Waals surface area contributed by atoms with Crippen LogP contribution in [0.25, 0.3) is 0 Å². The molecule has 2 unspecified atom stereocenters. The molecule has 0 N–H and O–H groups in total. The van der Waals surface area contributed by atoms with Crippen LogP contribution in [-0.2, 0) is 4.74 Å². The largest absolute Gasteiger partial charge is 0.383 e. The average Bonchev–Trinajstić information content (AvgIpc) is 2.50. The SMILES string of the molecule is CCC(C)N(CCOC)CC(C)C(=O)c1ccccc1. The highest BCUT2D eigenvalue weighted by Gasteiger charge is 2.20. The number of ketones is 1. The molecule has 0 aromatic heterocycles. The average molecular weight is 277 g/mol. The van der Waals surface area contributed by atoms with Crippen LogP contribution in [0.1, 0.15) is 37.6 Å². The van der Waals surface area contributed by atoms with Crippen LogP contribution in [0.2, 0.25) is 0 Å². The second-order valence-corrected chi connectivity index (χ2v) is 5.38. The molecule has 1 rings (SSSR count). The topological polar surface area (TPSA) is 29.5 Å². The fourth-order valence-electron chi connectivity index (χ4n) is 2.28. The van der Waals surface area contributed by atoms with E-state index in [2.05, 4.69) is 18.7 Å². The smallest absolute Gasteiger partial charge is 0.166 e. The molecule has 20 heavy (non-hydrogen) atoms. The van der Waals surface area contributed by atoms with Crippen molar-refractivity contribution in [3.05, 3.63) is 35.9 Å². The van der Waals surface area contributed by atoms with Crippen molar-refractivity contribution >= 4 is 5.78 Å². The van der Waals surface area contributed by atoms with Gasteiger partial charge in [0.2, 0.25) is 0 Å². The second kappa shape index (κ2) is 8.88. The molecule has 0 fully saturated rings. The monoisotopic (exact) mass is 277 g/mol. The van der Waals surface area contributed by atoms with E-state index in [1.807, 2.05) is 37.3 Å². The van der Waals surface area contributed by atoms with Gasteiger partial charge < -0.3 is 4.74 Å². The Balaban J connectivity index is 2.65. The molecule has 0 radical (unpaired) electrons. The minimum Gasteiger partial charge on any atom is -0.383 e. The molecule has 1 aromatic rings. The van der Waals surface area contributed by atoms with Gasteiger partial charge in [0.1, 0.15) is 0 Å².